The molecule has 15 heteroatoms. The molecule has 2 aliphatic rings. The maximum atomic E-state index is 12.7. The average Bonchev–Trinajstić information content (AvgIpc) is 2.98. The van der Waals surface area contributed by atoms with Crippen molar-refractivity contribution in [2.75, 3.05) is 0 Å². The van der Waals surface area contributed by atoms with Crippen LogP contribution in [-0.4, -0.2) is 33.6 Å². The van der Waals surface area contributed by atoms with Gasteiger partial charge in [-0.25, -0.2) is 4.57 Å². The third-order valence-electron chi connectivity index (χ3n) is 8.79. The molecule has 0 aliphatic heterocycles. The van der Waals surface area contributed by atoms with Crippen molar-refractivity contribution in [2.24, 2.45) is 10.8 Å². The van der Waals surface area contributed by atoms with Gasteiger partial charge in [0, 0.05) is 0 Å². The quantitative estimate of drug-likeness (QED) is 0.132. The summed E-state index contributed by atoms with van der Waals surface area (Å²) < 4.78 is 31.7. The molecule has 2 aliphatic carbocycles. The zero-order valence-electron chi connectivity index (χ0n) is 34.7. The third-order valence-corrected chi connectivity index (χ3v) is 9.84. The van der Waals surface area contributed by atoms with Crippen molar-refractivity contribution in [1.82, 2.24) is 0 Å². The van der Waals surface area contributed by atoms with Crippen LogP contribution in [0.4, 0.5) is 0 Å². The van der Waals surface area contributed by atoms with Crippen molar-refractivity contribution in [3.05, 3.63) is 130 Å². The zero-order chi connectivity index (χ0) is 39.7. The number of carbonyl (C=O) groups is 2. The molecule has 0 saturated heterocycles. The number of hydrogen-bond donors (Lipinski definition) is 2. The molecule has 0 fully saturated rings. The normalized spacial score (nSPS) is 21.6. The summed E-state index contributed by atoms with van der Waals surface area (Å²) >= 11 is 0. The minimum absolute atomic E-state index is 0. The third kappa shape index (κ3) is 20.8. The van der Waals surface area contributed by atoms with Gasteiger partial charge in [0.2, 0.25) is 0 Å². The monoisotopic (exact) mass is 839 g/mol. The fourth-order valence-corrected chi connectivity index (χ4v) is 7.04. The van der Waals surface area contributed by atoms with Gasteiger partial charge in [0.1, 0.15) is 12.2 Å². The molecule has 2 N–H and O–H groups in total. The van der Waals surface area contributed by atoms with Crippen molar-refractivity contribution in [1.29, 1.82) is 0 Å². The Morgan fingerprint density at radius 2 is 0.929 bits per heavy atom. The predicted molar refractivity (Wildman–Crippen MR) is 209 cm³/mol. The molecular formula is C41H56Na3O10P2+. The molecule has 2 atom stereocenters. The molecule has 0 radical (unpaired) electrons. The summed E-state index contributed by atoms with van der Waals surface area (Å²) in [6.07, 6.45) is 24.9. The Balaban J connectivity index is -0.00000702. The Morgan fingerprint density at radius 1 is 0.625 bits per heavy atom. The Morgan fingerprint density at radius 3 is 1.25 bits per heavy atom. The number of rotatable bonds is 14. The van der Waals surface area contributed by atoms with Crippen molar-refractivity contribution < 1.29 is 136 Å². The molecule has 0 amide bonds. The van der Waals surface area contributed by atoms with Crippen LogP contribution < -0.4 is 98.5 Å². The first-order valence-electron chi connectivity index (χ1n) is 16.9. The van der Waals surface area contributed by atoms with E-state index in [1.807, 2.05) is 140 Å². The van der Waals surface area contributed by atoms with Gasteiger partial charge >= 0.3 is 96.5 Å². The second-order valence-corrected chi connectivity index (χ2v) is 16.8. The van der Waals surface area contributed by atoms with Crippen molar-refractivity contribution in [3.8, 4) is 0 Å². The van der Waals surface area contributed by atoms with Crippen LogP contribution in [0.2, 0.25) is 0 Å². The van der Waals surface area contributed by atoms with Crippen LogP contribution in [0.1, 0.15) is 89.5 Å². The number of ketones is 2. The van der Waals surface area contributed by atoms with Crippen LogP contribution in [0.3, 0.4) is 0 Å². The van der Waals surface area contributed by atoms with Gasteiger partial charge in [-0.3, -0.25) is 14.1 Å². The maximum absolute atomic E-state index is 12.7. The van der Waals surface area contributed by atoms with Gasteiger partial charge in [-0.2, -0.15) is 0 Å². The van der Waals surface area contributed by atoms with Crippen LogP contribution >= 0.6 is 15.6 Å². The van der Waals surface area contributed by atoms with Gasteiger partial charge in [0.25, 0.3) is 0 Å². The van der Waals surface area contributed by atoms with E-state index >= 15 is 0 Å². The van der Waals surface area contributed by atoms with E-state index < -0.39 is 50.2 Å². The van der Waals surface area contributed by atoms with Crippen molar-refractivity contribution in [3.63, 3.8) is 0 Å². The summed E-state index contributed by atoms with van der Waals surface area (Å²) in [6.45, 7) is 18.7. The van der Waals surface area contributed by atoms with Gasteiger partial charge in [-0.15, -0.1) is 0 Å². The Kier molecular flexibility index (Phi) is 28.0. The molecular weight excluding hydrogens is 783 g/mol. The summed E-state index contributed by atoms with van der Waals surface area (Å²) in [4.78, 5) is 65.9. The van der Waals surface area contributed by atoms with E-state index in [0.717, 1.165) is 33.4 Å². The van der Waals surface area contributed by atoms with Crippen LogP contribution in [0.25, 0.3) is 0 Å². The van der Waals surface area contributed by atoms with Crippen molar-refractivity contribution in [2.45, 2.75) is 102 Å². The van der Waals surface area contributed by atoms with Crippen LogP contribution in [0, 0.1) is 10.8 Å². The van der Waals surface area contributed by atoms with E-state index in [9.17, 15) is 38.3 Å². The molecule has 0 aromatic heterocycles. The molecule has 0 spiro atoms. The fraction of sp³-hybridized carbons (Fsp3) is 0.415. The summed E-state index contributed by atoms with van der Waals surface area (Å²) in [6, 6.07) is 0. The minimum atomic E-state index is -5.28. The molecule has 0 saturated carbocycles. The number of carbonyl (C=O) groups excluding carboxylic acids is 2. The molecule has 10 nitrogen and oxygen atoms in total. The molecule has 2 unspecified atom stereocenters. The standard InChI is InChI=1S/C40H54O10P2.CH4.3Na/c1-27(17-13-19-29(3)21-23-33-31(5)37(41)35(25-39(33,7)8)49-51(43,44)45)15-11-12-16-28(2)18-14-20-30(4)22-24-34-32(6)38(42)36(26-40(34,9)10)50-52(46,47)48;;;;/h11-24,35-36H,25-26H2,1-10H3,(H2,43,44,45)(H2,46,47,48);1H4;;;/q;;3*+1/p-2/b12-11+,17-13+,18-14+,23-21+,24-22+,27-15+,28-16+,29-19+,30-20+;;;;. The van der Waals surface area contributed by atoms with Crippen molar-refractivity contribution >= 4 is 27.2 Å². The smallest absolute Gasteiger partial charge is 0.790 e. The zero-order valence-corrected chi connectivity index (χ0v) is 42.5. The van der Waals surface area contributed by atoms with Crippen LogP contribution in [0.5, 0.6) is 0 Å². The topological polar surface area (TPSA) is 173 Å². The van der Waals surface area contributed by atoms with Crippen LogP contribution in [0.15, 0.2) is 130 Å². The molecule has 0 aromatic carbocycles. The van der Waals surface area contributed by atoms with Gasteiger partial charge in [0.05, 0.1) is 7.82 Å². The van der Waals surface area contributed by atoms with Gasteiger partial charge < -0.3 is 28.7 Å². The first-order valence-corrected chi connectivity index (χ1v) is 19.9. The second kappa shape index (κ2) is 26.1. The molecule has 0 heterocycles. The molecule has 0 bridgehead atoms. The number of Topliss-reactive ketones (excluding diaryl/α,β-unsaturated/α-hetero) is 2. The second-order valence-electron chi connectivity index (χ2n) is 14.5. The summed E-state index contributed by atoms with van der Waals surface area (Å²) in [7, 11) is -10.1. The number of phosphoric acid groups is 2. The Hall–Kier alpha value is -0.300. The summed E-state index contributed by atoms with van der Waals surface area (Å²) in [5, 5.41) is 0. The number of allylic oxidation sites excluding steroid dienone is 20. The molecule has 292 valence electrons. The van der Waals surface area contributed by atoms with E-state index in [1.165, 1.54) is 0 Å². The van der Waals surface area contributed by atoms with E-state index in [4.69, 9.17) is 4.52 Å². The SMILES string of the molecule is C.CC1=C(/C=C/C(C)=C/C=C/C(C)=C/C=C/C=C(C)/C=C/C=C(C)/C=C/C2=C(C)C(=O)C(OP(=O)(O)O)CC2(C)C)C(C)(C)CC(OP(=O)([O-])[O-])C1=O.[Na+].[Na+].[Na+]. The molecule has 56 heavy (non-hydrogen) atoms. The first kappa shape index (κ1) is 60.0. The maximum Gasteiger partial charge on any atom is 1.00 e. The van der Waals surface area contributed by atoms with Gasteiger partial charge in [-0.1, -0.05) is 142 Å². The summed E-state index contributed by atoms with van der Waals surface area (Å²) in [5.74, 6) is -0.915. The van der Waals surface area contributed by atoms with E-state index in [-0.39, 0.29) is 109 Å². The predicted octanol–water partition coefficient (Wildman–Crippen LogP) is -0.476. The van der Waals surface area contributed by atoms with E-state index in [1.54, 1.807) is 13.8 Å². The molecule has 2 rings (SSSR count). The number of phosphoric ester groups is 2. The minimum Gasteiger partial charge on any atom is -0.790 e. The average molecular weight is 840 g/mol. The Bertz CT molecular complexity index is 1710. The summed E-state index contributed by atoms with van der Waals surface area (Å²) in [5.41, 5.74) is 5.28. The van der Waals surface area contributed by atoms with E-state index in [2.05, 4.69) is 4.52 Å². The largest absolute Gasteiger partial charge is 1.00 e. The fourth-order valence-electron chi connectivity index (χ4n) is 6.06. The number of hydrogen-bond acceptors (Lipinski definition) is 8. The Labute approximate surface area is 401 Å². The van der Waals surface area contributed by atoms with E-state index in [0.29, 0.717) is 11.1 Å². The molecule has 0 aromatic rings. The first-order chi connectivity index (χ1) is 23.8. The van der Waals surface area contributed by atoms with Gasteiger partial charge in [-0.05, 0) is 87.5 Å². The van der Waals surface area contributed by atoms with Gasteiger partial charge in [0.15, 0.2) is 11.6 Å². The van der Waals surface area contributed by atoms with Crippen LogP contribution in [-0.2, 0) is 27.8 Å².